The number of ether oxygens (including phenoxy) is 1. The molecule has 0 saturated heterocycles. The molecule has 0 spiro atoms. The van der Waals surface area contributed by atoms with E-state index in [0.717, 1.165) is 12.9 Å². The highest BCUT2D eigenvalue weighted by molar-refractivity contribution is 14.1. The van der Waals surface area contributed by atoms with Gasteiger partial charge in [0, 0.05) is 6.54 Å². The van der Waals surface area contributed by atoms with E-state index in [9.17, 15) is 0 Å². The van der Waals surface area contributed by atoms with Crippen molar-refractivity contribution in [1.82, 2.24) is 0 Å². The van der Waals surface area contributed by atoms with Gasteiger partial charge in [-0.1, -0.05) is 6.07 Å². The molecule has 0 aliphatic rings. The lowest BCUT2D eigenvalue weighted by Gasteiger charge is -2.08. The summed E-state index contributed by atoms with van der Waals surface area (Å²) in [4.78, 5) is 0. The summed E-state index contributed by atoms with van der Waals surface area (Å²) in [7, 11) is 0. The predicted molar refractivity (Wildman–Crippen MR) is 66.4 cm³/mol. The largest absolute Gasteiger partial charge is 0.490 e. The van der Waals surface area contributed by atoms with Gasteiger partial charge in [-0.3, -0.25) is 0 Å². The van der Waals surface area contributed by atoms with Crippen molar-refractivity contribution in [3.05, 3.63) is 25.3 Å². The van der Waals surface area contributed by atoms with Crippen LogP contribution >= 0.6 is 45.2 Å². The molecule has 1 rings (SSSR count). The average molecular weight is 389 g/mol. The zero-order chi connectivity index (χ0) is 8.97. The number of halogens is 2. The van der Waals surface area contributed by atoms with E-state index in [2.05, 4.69) is 45.2 Å². The molecule has 1 aromatic rings. The lowest BCUT2D eigenvalue weighted by Crippen LogP contribution is -2.11. The molecule has 0 unspecified atom stereocenters. The minimum Gasteiger partial charge on any atom is -0.490 e. The standard InChI is InChI=1S/C8H9I2NO/c9-6-2-1-3-7(10)8(6)12-5-4-11/h1-3H,4-5,11H2. The molecule has 1 aromatic carbocycles. The van der Waals surface area contributed by atoms with E-state index in [1.807, 2.05) is 18.2 Å². The van der Waals surface area contributed by atoms with Gasteiger partial charge in [-0.2, -0.15) is 0 Å². The van der Waals surface area contributed by atoms with Gasteiger partial charge in [-0.15, -0.1) is 0 Å². The van der Waals surface area contributed by atoms with Crippen LogP contribution in [-0.4, -0.2) is 13.2 Å². The highest BCUT2D eigenvalue weighted by Gasteiger charge is 2.03. The molecule has 12 heavy (non-hydrogen) atoms. The van der Waals surface area contributed by atoms with Crippen LogP contribution in [0.5, 0.6) is 5.75 Å². The Bertz CT molecular complexity index is 245. The van der Waals surface area contributed by atoms with Gasteiger partial charge in [0.05, 0.1) is 7.14 Å². The van der Waals surface area contributed by atoms with Crippen molar-refractivity contribution in [1.29, 1.82) is 0 Å². The lowest BCUT2D eigenvalue weighted by molar-refractivity contribution is 0.324. The maximum absolute atomic E-state index is 5.48. The smallest absolute Gasteiger partial charge is 0.145 e. The second-order valence-corrected chi connectivity index (χ2v) is 4.51. The third-order valence-corrected chi connectivity index (χ3v) is 2.98. The first kappa shape index (κ1) is 10.5. The van der Waals surface area contributed by atoms with Gasteiger partial charge in [-0.25, -0.2) is 0 Å². The van der Waals surface area contributed by atoms with Crippen molar-refractivity contribution in [3.8, 4) is 5.75 Å². The van der Waals surface area contributed by atoms with Crippen molar-refractivity contribution >= 4 is 45.2 Å². The Labute approximate surface area is 99.1 Å². The zero-order valence-corrected chi connectivity index (χ0v) is 10.7. The van der Waals surface area contributed by atoms with Gasteiger partial charge >= 0.3 is 0 Å². The monoisotopic (exact) mass is 389 g/mol. The summed E-state index contributed by atoms with van der Waals surface area (Å²) in [5.41, 5.74) is 5.35. The average Bonchev–Trinajstić information content (AvgIpc) is 2.04. The van der Waals surface area contributed by atoms with E-state index in [-0.39, 0.29) is 0 Å². The van der Waals surface area contributed by atoms with Crippen LogP contribution in [0, 0.1) is 7.14 Å². The summed E-state index contributed by atoms with van der Waals surface area (Å²) in [5.74, 6) is 0.948. The highest BCUT2D eigenvalue weighted by Crippen LogP contribution is 2.26. The minimum absolute atomic E-state index is 0.557. The van der Waals surface area contributed by atoms with E-state index < -0.39 is 0 Å². The van der Waals surface area contributed by atoms with Gasteiger partial charge in [0.2, 0.25) is 0 Å². The number of rotatable bonds is 3. The van der Waals surface area contributed by atoms with Gasteiger partial charge in [0.15, 0.2) is 0 Å². The lowest BCUT2D eigenvalue weighted by atomic mass is 10.3. The van der Waals surface area contributed by atoms with Gasteiger partial charge in [-0.05, 0) is 57.3 Å². The van der Waals surface area contributed by atoms with Crippen LogP contribution in [0.2, 0.25) is 0 Å². The summed E-state index contributed by atoms with van der Waals surface area (Å²) in [5, 5.41) is 0. The molecule has 0 amide bonds. The maximum atomic E-state index is 5.48. The number of nitrogens with two attached hydrogens (primary N) is 1. The molecule has 2 nitrogen and oxygen atoms in total. The summed E-state index contributed by atoms with van der Waals surface area (Å²) in [6.45, 7) is 1.14. The number of hydrogen-bond acceptors (Lipinski definition) is 2. The first-order valence-electron chi connectivity index (χ1n) is 3.52. The Morgan fingerprint density at radius 3 is 2.33 bits per heavy atom. The minimum atomic E-state index is 0.557. The Morgan fingerprint density at radius 2 is 1.83 bits per heavy atom. The van der Waals surface area contributed by atoms with Gasteiger partial charge in [0.25, 0.3) is 0 Å². The second-order valence-electron chi connectivity index (χ2n) is 2.19. The molecule has 4 heteroatoms. The molecule has 0 atom stereocenters. The van der Waals surface area contributed by atoms with Crippen molar-refractivity contribution < 1.29 is 4.74 Å². The van der Waals surface area contributed by atoms with Crippen LogP contribution in [0.25, 0.3) is 0 Å². The van der Waals surface area contributed by atoms with Crippen molar-refractivity contribution in [2.24, 2.45) is 5.73 Å². The van der Waals surface area contributed by atoms with E-state index in [0.29, 0.717) is 13.2 Å². The molecule has 66 valence electrons. The topological polar surface area (TPSA) is 35.2 Å². The van der Waals surface area contributed by atoms with Crippen LogP contribution in [0.1, 0.15) is 0 Å². The Morgan fingerprint density at radius 1 is 1.25 bits per heavy atom. The van der Waals surface area contributed by atoms with Crippen molar-refractivity contribution in [3.63, 3.8) is 0 Å². The molecule has 0 heterocycles. The molecule has 2 N–H and O–H groups in total. The quantitative estimate of drug-likeness (QED) is 0.806. The molecule has 0 aromatic heterocycles. The van der Waals surface area contributed by atoms with Gasteiger partial charge in [0.1, 0.15) is 12.4 Å². The molecule has 0 saturated carbocycles. The molecule has 0 radical (unpaired) electrons. The number of benzene rings is 1. The summed E-state index contributed by atoms with van der Waals surface area (Å²) < 4.78 is 7.74. The molecule has 0 fully saturated rings. The van der Waals surface area contributed by atoms with Crippen LogP contribution in [-0.2, 0) is 0 Å². The Balaban J connectivity index is 2.81. The SMILES string of the molecule is NCCOc1c(I)cccc1I. The Hall–Kier alpha value is 0.440. The van der Waals surface area contributed by atoms with Crippen LogP contribution in [0.3, 0.4) is 0 Å². The molecular formula is C8H9I2NO. The van der Waals surface area contributed by atoms with E-state index >= 15 is 0 Å². The second kappa shape index (κ2) is 5.23. The fourth-order valence-electron chi connectivity index (χ4n) is 0.781. The summed E-state index contributed by atoms with van der Waals surface area (Å²) in [6.07, 6.45) is 0. The normalized spacial score (nSPS) is 9.92. The number of hydrogen-bond donors (Lipinski definition) is 1. The molecule has 0 aliphatic carbocycles. The maximum Gasteiger partial charge on any atom is 0.145 e. The Kier molecular flexibility index (Phi) is 4.59. The highest BCUT2D eigenvalue weighted by atomic mass is 127. The first-order chi connectivity index (χ1) is 5.75. The van der Waals surface area contributed by atoms with E-state index in [4.69, 9.17) is 10.5 Å². The fourth-order valence-corrected chi connectivity index (χ4v) is 2.61. The predicted octanol–water partition coefficient (Wildman–Crippen LogP) is 2.23. The van der Waals surface area contributed by atoms with Crippen molar-refractivity contribution in [2.75, 3.05) is 13.2 Å². The summed E-state index contributed by atoms with van der Waals surface area (Å²) in [6, 6.07) is 6.06. The zero-order valence-electron chi connectivity index (χ0n) is 6.39. The molecular weight excluding hydrogens is 380 g/mol. The van der Waals surface area contributed by atoms with Gasteiger partial charge < -0.3 is 10.5 Å². The number of para-hydroxylation sites is 1. The summed E-state index contributed by atoms with van der Waals surface area (Å²) >= 11 is 4.51. The van der Waals surface area contributed by atoms with Crippen LogP contribution in [0.15, 0.2) is 18.2 Å². The molecule has 0 aliphatic heterocycles. The van der Waals surface area contributed by atoms with E-state index in [1.165, 1.54) is 0 Å². The third kappa shape index (κ3) is 2.74. The fraction of sp³-hybridized carbons (Fsp3) is 0.250. The van der Waals surface area contributed by atoms with Crippen molar-refractivity contribution in [2.45, 2.75) is 0 Å². The van der Waals surface area contributed by atoms with Crippen LogP contribution < -0.4 is 10.5 Å². The molecule has 0 bridgehead atoms. The third-order valence-electron chi connectivity index (χ3n) is 1.28. The van der Waals surface area contributed by atoms with E-state index in [1.54, 1.807) is 0 Å². The van der Waals surface area contributed by atoms with Crippen LogP contribution in [0.4, 0.5) is 0 Å². The first-order valence-corrected chi connectivity index (χ1v) is 5.68.